The molecule has 0 unspecified atom stereocenters. The molecule has 7 nitrogen and oxygen atoms in total. The Kier molecular flexibility index (Phi) is 6.84. The van der Waals surface area contributed by atoms with E-state index in [0.29, 0.717) is 49.4 Å². The van der Waals surface area contributed by atoms with Gasteiger partial charge in [0.05, 0.1) is 12.8 Å². The van der Waals surface area contributed by atoms with E-state index in [9.17, 15) is 14.7 Å². The molecule has 0 bridgehead atoms. The van der Waals surface area contributed by atoms with Crippen LogP contribution in [-0.4, -0.2) is 47.7 Å². The zero-order valence-corrected chi connectivity index (χ0v) is 16.4. The van der Waals surface area contributed by atoms with Gasteiger partial charge in [-0.1, -0.05) is 18.2 Å². The van der Waals surface area contributed by atoms with E-state index in [1.165, 1.54) is 12.3 Å². The van der Waals surface area contributed by atoms with Crippen LogP contribution < -0.4 is 10.2 Å². The molecule has 1 heterocycles. The molecule has 3 rings (SSSR count). The molecule has 1 aliphatic rings. The molecular formula is C22H25N3O4. The summed E-state index contributed by atoms with van der Waals surface area (Å²) < 4.78 is 5.33. The second kappa shape index (κ2) is 9.73. The van der Waals surface area contributed by atoms with Gasteiger partial charge in [-0.2, -0.15) is 5.10 Å². The largest absolute Gasteiger partial charge is 0.504 e. The van der Waals surface area contributed by atoms with Crippen molar-refractivity contribution in [3.8, 4) is 11.5 Å². The van der Waals surface area contributed by atoms with Gasteiger partial charge in [-0.15, -0.1) is 0 Å². The van der Waals surface area contributed by atoms with Crippen molar-refractivity contribution in [3.63, 3.8) is 0 Å². The fourth-order valence-electron chi connectivity index (χ4n) is 3.25. The van der Waals surface area contributed by atoms with Crippen molar-refractivity contribution in [3.05, 3.63) is 59.7 Å². The minimum atomic E-state index is -0.175. The number of nitrogens with one attached hydrogen (secondary N) is 1. The van der Waals surface area contributed by atoms with E-state index >= 15 is 0 Å². The molecule has 2 aromatic rings. The monoisotopic (exact) mass is 395 g/mol. The number of rotatable bonds is 6. The number of likely N-dealkylation sites (tertiary alicyclic amines) is 1. The summed E-state index contributed by atoms with van der Waals surface area (Å²) >= 11 is 0. The van der Waals surface area contributed by atoms with Crippen molar-refractivity contribution >= 4 is 18.0 Å². The number of carbonyl (C=O) groups excluding carboxylic acids is 2. The van der Waals surface area contributed by atoms with Gasteiger partial charge in [-0.25, -0.2) is 5.43 Å². The molecule has 0 saturated carbocycles. The Balaban J connectivity index is 1.49. The third kappa shape index (κ3) is 5.34. The maximum Gasteiger partial charge on any atom is 0.253 e. The lowest BCUT2D eigenvalue weighted by Crippen LogP contribution is -2.42. The summed E-state index contributed by atoms with van der Waals surface area (Å²) in [5, 5.41) is 13.7. The predicted octanol–water partition coefficient (Wildman–Crippen LogP) is 2.79. The number of carbonyl (C=O) groups is 2. The number of amides is 2. The summed E-state index contributed by atoms with van der Waals surface area (Å²) in [7, 11) is 0. The number of nitrogens with zero attached hydrogens (tertiary/aromatic N) is 2. The fourth-order valence-corrected chi connectivity index (χ4v) is 3.25. The molecule has 1 fully saturated rings. The highest BCUT2D eigenvalue weighted by molar-refractivity contribution is 5.94. The molecule has 0 aliphatic carbocycles. The van der Waals surface area contributed by atoms with Gasteiger partial charge < -0.3 is 14.7 Å². The Morgan fingerprint density at radius 2 is 1.93 bits per heavy atom. The van der Waals surface area contributed by atoms with Crippen molar-refractivity contribution in [2.45, 2.75) is 19.8 Å². The molecular weight excluding hydrogens is 370 g/mol. The first-order valence-corrected chi connectivity index (χ1v) is 9.71. The van der Waals surface area contributed by atoms with E-state index in [0.717, 1.165) is 0 Å². The lowest BCUT2D eigenvalue weighted by Gasteiger charge is -2.31. The number of phenolic OH excluding ortho intramolecular Hbond substituents is 1. The van der Waals surface area contributed by atoms with E-state index in [1.807, 2.05) is 25.1 Å². The number of hydrogen-bond donors (Lipinski definition) is 2. The van der Waals surface area contributed by atoms with Gasteiger partial charge in [0.25, 0.3) is 5.91 Å². The number of hydrazone groups is 1. The number of benzene rings is 2. The first kappa shape index (κ1) is 20.4. The van der Waals surface area contributed by atoms with Gasteiger partial charge in [0, 0.05) is 24.6 Å². The first-order valence-electron chi connectivity index (χ1n) is 9.71. The lowest BCUT2D eigenvalue weighted by atomic mass is 9.95. The van der Waals surface area contributed by atoms with Gasteiger partial charge in [0.15, 0.2) is 11.5 Å². The van der Waals surface area contributed by atoms with Gasteiger partial charge in [0.1, 0.15) is 0 Å². The molecule has 152 valence electrons. The topological polar surface area (TPSA) is 91.2 Å². The summed E-state index contributed by atoms with van der Waals surface area (Å²) in [6, 6.07) is 14.0. The number of hydrogen-bond acceptors (Lipinski definition) is 5. The van der Waals surface area contributed by atoms with Gasteiger partial charge in [-0.05, 0) is 55.7 Å². The Bertz CT molecular complexity index is 875. The summed E-state index contributed by atoms with van der Waals surface area (Å²) in [5.74, 6) is 0.102. The normalized spacial score (nSPS) is 14.7. The van der Waals surface area contributed by atoms with E-state index in [4.69, 9.17) is 4.74 Å². The SMILES string of the molecule is CCOc1cc(/C=N\NC(=O)C2CCN(C(=O)c3ccccc3)CC2)ccc1O. The zero-order chi connectivity index (χ0) is 20.6. The Morgan fingerprint density at radius 3 is 2.62 bits per heavy atom. The molecule has 0 aromatic heterocycles. The average Bonchev–Trinajstić information content (AvgIpc) is 2.76. The third-order valence-electron chi connectivity index (χ3n) is 4.85. The van der Waals surface area contributed by atoms with Gasteiger partial charge >= 0.3 is 0 Å². The molecule has 1 aliphatic heterocycles. The summed E-state index contributed by atoms with van der Waals surface area (Å²) in [6.45, 7) is 3.37. The van der Waals surface area contributed by atoms with Crippen LogP contribution in [0.1, 0.15) is 35.7 Å². The smallest absolute Gasteiger partial charge is 0.253 e. The Morgan fingerprint density at radius 1 is 1.21 bits per heavy atom. The molecule has 2 amide bonds. The minimum absolute atomic E-state index is 0.0000818. The molecule has 0 radical (unpaired) electrons. The third-order valence-corrected chi connectivity index (χ3v) is 4.85. The maximum absolute atomic E-state index is 12.5. The van der Waals surface area contributed by atoms with Crippen LogP contribution in [0.5, 0.6) is 11.5 Å². The number of ether oxygens (including phenoxy) is 1. The van der Waals surface area contributed by atoms with Crippen molar-refractivity contribution < 1.29 is 19.4 Å². The fraction of sp³-hybridized carbons (Fsp3) is 0.318. The average molecular weight is 395 g/mol. The first-order chi connectivity index (χ1) is 14.1. The number of aromatic hydroxyl groups is 1. The van der Waals surface area contributed by atoms with Crippen LogP contribution in [0.2, 0.25) is 0 Å². The van der Waals surface area contributed by atoms with E-state index in [2.05, 4.69) is 10.5 Å². The molecule has 29 heavy (non-hydrogen) atoms. The van der Waals surface area contributed by atoms with Crippen LogP contribution in [-0.2, 0) is 4.79 Å². The molecule has 7 heteroatoms. The van der Waals surface area contributed by atoms with Crippen LogP contribution in [0.25, 0.3) is 0 Å². The summed E-state index contributed by atoms with van der Waals surface area (Å²) in [4.78, 5) is 26.6. The zero-order valence-electron chi connectivity index (χ0n) is 16.4. The minimum Gasteiger partial charge on any atom is -0.504 e. The second-order valence-corrected chi connectivity index (χ2v) is 6.83. The quantitative estimate of drug-likeness (QED) is 0.581. The van der Waals surface area contributed by atoms with Crippen LogP contribution in [0.15, 0.2) is 53.6 Å². The van der Waals surface area contributed by atoms with E-state index in [-0.39, 0.29) is 23.5 Å². The molecule has 0 spiro atoms. The molecule has 2 aromatic carbocycles. The molecule has 2 N–H and O–H groups in total. The van der Waals surface area contributed by atoms with Crippen LogP contribution in [0.3, 0.4) is 0 Å². The second-order valence-electron chi connectivity index (χ2n) is 6.83. The Hall–Kier alpha value is -3.35. The number of phenols is 1. The van der Waals surface area contributed by atoms with Crippen molar-refractivity contribution in [2.24, 2.45) is 11.0 Å². The van der Waals surface area contributed by atoms with E-state index in [1.54, 1.807) is 29.2 Å². The van der Waals surface area contributed by atoms with Crippen molar-refractivity contribution in [1.82, 2.24) is 10.3 Å². The highest BCUT2D eigenvalue weighted by atomic mass is 16.5. The summed E-state index contributed by atoms with van der Waals surface area (Å²) in [6.07, 6.45) is 2.72. The van der Waals surface area contributed by atoms with Crippen LogP contribution in [0.4, 0.5) is 0 Å². The Labute approximate surface area is 170 Å². The molecule has 1 saturated heterocycles. The van der Waals surface area contributed by atoms with Crippen LogP contribution >= 0.6 is 0 Å². The lowest BCUT2D eigenvalue weighted by molar-refractivity contribution is -0.126. The number of piperidine rings is 1. The highest BCUT2D eigenvalue weighted by Crippen LogP contribution is 2.26. The van der Waals surface area contributed by atoms with Gasteiger partial charge in [0.2, 0.25) is 5.91 Å². The van der Waals surface area contributed by atoms with Crippen molar-refractivity contribution in [2.75, 3.05) is 19.7 Å². The maximum atomic E-state index is 12.5. The van der Waals surface area contributed by atoms with Crippen molar-refractivity contribution in [1.29, 1.82) is 0 Å². The van der Waals surface area contributed by atoms with Gasteiger partial charge in [-0.3, -0.25) is 9.59 Å². The summed E-state index contributed by atoms with van der Waals surface area (Å²) in [5.41, 5.74) is 3.94. The van der Waals surface area contributed by atoms with Crippen LogP contribution in [0, 0.1) is 5.92 Å². The highest BCUT2D eigenvalue weighted by Gasteiger charge is 2.27. The standard InChI is InChI=1S/C22H25N3O4/c1-2-29-20-14-16(8-9-19(20)26)15-23-24-21(27)17-10-12-25(13-11-17)22(28)18-6-4-3-5-7-18/h3-9,14-15,17,26H,2,10-13H2,1H3,(H,24,27)/b23-15-. The predicted molar refractivity (Wildman–Crippen MR) is 110 cm³/mol. The van der Waals surface area contributed by atoms with E-state index < -0.39 is 0 Å². The molecule has 0 atom stereocenters.